The van der Waals surface area contributed by atoms with Crippen LogP contribution in [-0.4, -0.2) is 60.6 Å². The molecule has 144 valence electrons. The standard InChI is InChI=1S/C19H24FN5O2/c1-4-21-17-11-13(2)22-19(23-17)25-9-7-24(8-10-25)18(26)14-5-6-16(27-3)15(20)12-14/h5-6,11-12H,4,7-10H2,1-3H3,(H,21,22,23). The first kappa shape index (κ1) is 18.9. The second kappa shape index (κ2) is 8.20. The molecule has 8 heteroatoms. The topological polar surface area (TPSA) is 70.6 Å². The van der Waals surface area contributed by atoms with Crippen molar-refractivity contribution in [3.05, 3.63) is 41.3 Å². The highest BCUT2D eigenvalue weighted by atomic mass is 19.1. The average molecular weight is 373 g/mol. The predicted molar refractivity (Wildman–Crippen MR) is 102 cm³/mol. The summed E-state index contributed by atoms with van der Waals surface area (Å²) in [4.78, 5) is 25.5. The van der Waals surface area contributed by atoms with Gasteiger partial charge in [0.25, 0.3) is 5.91 Å². The SMILES string of the molecule is CCNc1cc(C)nc(N2CCN(C(=O)c3ccc(OC)c(F)c3)CC2)n1. The number of rotatable bonds is 5. The van der Waals surface area contributed by atoms with E-state index in [2.05, 4.69) is 20.2 Å². The number of carbonyl (C=O) groups excluding carboxylic acids is 1. The molecule has 0 atom stereocenters. The van der Waals surface area contributed by atoms with Crippen molar-refractivity contribution in [2.45, 2.75) is 13.8 Å². The number of benzene rings is 1. The van der Waals surface area contributed by atoms with Gasteiger partial charge in [-0.1, -0.05) is 0 Å². The number of hydrogen-bond acceptors (Lipinski definition) is 6. The third-order valence-electron chi connectivity index (χ3n) is 4.45. The third-order valence-corrected chi connectivity index (χ3v) is 4.45. The minimum Gasteiger partial charge on any atom is -0.494 e. The Bertz CT molecular complexity index is 822. The summed E-state index contributed by atoms with van der Waals surface area (Å²) in [5.41, 5.74) is 1.21. The maximum Gasteiger partial charge on any atom is 0.254 e. The van der Waals surface area contributed by atoms with E-state index in [1.807, 2.05) is 19.9 Å². The molecule has 1 N–H and O–H groups in total. The van der Waals surface area contributed by atoms with Crippen LogP contribution in [0.3, 0.4) is 0 Å². The van der Waals surface area contributed by atoms with Gasteiger partial charge in [-0.2, -0.15) is 4.98 Å². The Morgan fingerprint density at radius 3 is 2.59 bits per heavy atom. The minimum absolute atomic E-state index is 0.129. The second-order valence-corrected chi connectivity index (χ2v) is 6.35. The van der Waals surface area contributed by atoms with Crippen LogP contribution < -0.4 is 15.0 Å². The summed E-state index contributed by atoms with van der Waals surface area (Å²) in [6, 6.07) is 6.19. The Labute approximate surface area is 158 Å². The summed E-state index contributed by atoms with van der Waals surface area (Å²) >= 11 is 0. The Hall–Kier alpha value is -2.90. The Balaban J connectivity index is 1.66. The number of aromatic nitrogens is 2. The molecule has 1 aromatic heterocycles. The van der Waals surface area contributed by atoms with Gasteiger partial charge in [-0.15, -0.1) is 0 Å². The average Bonchev–Trinajstić information content (AvgIpc) is 2.67. The Kier molecular flexibility index (Phi) is 5.73. The van der Waals surface area contributed by atoms with Gasteiger partial charge in [0.15, 0.2) is 11.6 Å². The lowest BCUT2D eigenvalue weighted by Crippen LogP contribution is -2.49. The molecule has 7 nitrogen and oxygen atoms in total. The van der Waals surface area contributed by atoms with E-state index < -0.39 is 5.82 Å². The molecule has 1 fully saturated rings. The molecule has 0 saturated carbocycles. The molecule has 1 amide bonds. The smallest absolute Gasteiger partial charge is 0.254 e. The van der Waals surface area contributed by atoms with Crippen molar-refractivity contribution >= 4 is 17.7 Å². The molecule has 0 radical (unpaired) electrons. The van der Waals surface area contributed by atoms with Gasteiger partial charge in [0.05, 0.1) is 7.11 Å². The van der Waals surface area contributed by atoms with E-state index >= 15 is 0 Å². The fourth-order valence-corrected chi connectivity index (χ4v) is 3.06. The maximum absolute atomic E-state index is 13.9. The van der Waals surface area contributed by atoms with Crippen molar-refractivity contribution in [2.24, 2.45) is 0 Å². The summed E-state index contributed by atoms with van der Waals surface area (Å²) in [5, 5.41) is 3.20. The minimum atomic E-state index is -0.536. The lowest BCUT2D eigenvalue weighted by Gasteiger charge is -2.35. The van der Waals surface area contributed by atoms with Crippen molar-refractivity contribution < 1.29 is 13.9 Å². The van der Waals surface area contributed by atoms with Crippen LogP contribution in [0.25, 0.3) is 0 Å². The zero-order valence-corrected chi connectivity index (χ0v) is 15.8. The van der Waals surface area contributed by atoms with E-state index in [0.717, 1.165) is 18.1 Å². The van der Waals surface area contributed by atoms with Crippen LogP contribution in [0.15, 0.2) is 24.3 Å². The van der Waals surface area contributed by atoms with Gasteiger partial charge >= 0.3 is 0 Å². The van der Waals surface area contributed by atoms with Crippen LogP contribution in [0.1, 0.15) is 23.0 Å². The highest BCUT2D eigenvalue weighted by molar-refractivity contribution is 5.94. The van der Waals surface area contributed by atoms with Gasteiger partial charge in [-0.3, -0.25) is 4.79 Å². The van der Waals surface area contributed by atoms with Crippen molar-refractivity contribution in [3.8, 4) is 5.75 Å². The number of nitrogens with one attached hydrogen (secondary N) is 1. The van der Waals surface area contributed by atoms with Crippen LogP contribution in [0.5, 0.6) is 5.75 Å². The third kappa shape index (κ3) is 4.27. The normalized spacial score (nSPS) is 14.2. The molecule has 0 aliphatic carbocycles. The number of carbonyl (C=O) groups is 1. The summed E-state index contributed by atoms with van der Waals surface area (Å²) in [5.74, 6) is 0.867. The summed E-state index contributed by atoms with van der Waals surface area (Å²) in [6.07, 6.45) is 0. The molecule has 27 heavy (non-hydrogen) atoms. The van der Waals surface area contributed by atoms with Gasteiger partial charge in [-0.05, 0) is 32.0 Å². The molecule has 1 aliphatic heterocycles. The number of aryl methyl sites for hydroxylation is 1. The monoisotopic (exact) mass is 373 g/mol. The Morgan fingerprint density at radius 1 is 1.22 bits per heavy atom. The summed E-state index contributed by atoms with van der Waals surface area (Å²) in [6.45, 7) is 7.05. The number of ether oxygens (including phenoxy) is 1. The van der Waals surface area contributed by atoms with E-state index in [4.69, 9.17) is 4.74 Å². The molecule has 3 rings (SSSR count). The molecule has 2 heterocycles. The number of anilines is 2. The number of amides is 1. The largest absolute Gasteiger partial charge is 0.494 e. The lowest BCUT2D eigenvalue weighted by molar-refractivity contribution is 0.0745. The first-order valence-electron chi connectivity index (χ1n) is 8.99. The van der Waals surface area contributed by atoms with Gasteiger partial charge in [-0.25, -0.2) is 9.37 Å². The van der Waals surface area contributed by atoms with Gasteiger partial charge in [0, 0.05) is 50.0 Å². The fourth-order valence-electron chi connectivity index (χ4n) is 3.06. The van der Waals surface area contributed by atoms with Crippen molar-refractivity contribution in [1.82, 2.24) is 14.9 Å². The maximum atomic E-state index is 13.9. The zero-order valence-electron chi connectivity index (χ0n) is 15.8. The first-order valence-corrected chi connectivity index (χ1v) is 8.99. The highest BCUT2D eigenvalue weighted by Crippen LogP contribution is 2.20. The first-order chi connectivity index (χ1) is 13.0. The molecule has 1 aromatic carbocycles. The van der Waals surface area contributed by atoms with Gasteiger partial charge in [0.2, 0.25) is 5.95 Å². The van der Waals surface area contributed by atoms with Crippen LogP contribution in [0, 0.1) is 12.7 Å². The van der Waals surface area contributed by atoms with E-state index in [0.29, 0.717) is 37.7 Å². The number of halogens is 1. The van der Waals surface area contributed by atoms with Gasteiger partial charge < -0.3 is 19.9 Å². The van der Waals surface area contributed by atoms with E-state index in [1.54, 1.807) is 11.0 Å². The Morgan fingerprint density at radius 2 is 1.96 bits per heavy atom. The molecule has 1 aliphatic rings. The molecule has 0 unspecified atom stereocenters. The van der Waals surface area contributed by atoms with Crippen molar-refractivity contribution in [1.29, 1.82) is 0 Å². The molecule has 0 bridgehead atoms. The quantitative estimate of drug-likeness (QED) is 0.867. The fraction of sp³-hybridized carbons (Fsp3) is 0.421. The van der Waals surface area contributed by atoms with Crippen molar-refractivity contribution in [2.75, 3.05) is 50.1 Å². The molecule has 1 saturated heterocycles. The second-order valence-electron chi connectivity index (χ2n) is 6.35. The van der Waals surface area contributed by atoms with Crippen LogP contribution in [0.2, 0.25) is 0 Å². The van der Waals surface area contributed by atoms with Gasteiger partial charge in [0.1, 0.15) is 5.82 Å². The summed E-state index contributed by atoms with van der Waals surface area (Å²) in [7, 11) is 1.40. The van der Waals surface area contributed by atoms with E-state index in [1.165, 1.54) is 19.2 Å². The van der Waals surface area contributed by atoms with Crippen LogP contribution in [0.4, 0.5) is 16.2 Å². The van der Waals surface area contributed by atoms with Crippen molar-refractivity contribution in [3.63, 3.8) is 0 Å². The molecular formula is C19H24FN5O2. The van der Waals surface area contributed by atoms with Crippen LogP contribution >= 0.6 is 0 Å². The number of piperazine rings is 1. The van der Waals surface area contributed by atoms with E-state index in [-0.39, 0.29) is 11.7 Å². The molecular weight excluding hydrogens is 349 g/mol. The molecule has 2 aromatic rings. The lowest BCUT2D eigenvalue weighted by atomic mass is 10.1. The molecule has 0 spiro atoms. The predicted octanol–water partition coefficient (Wildman–Crippen LogP) is 2.33. The van der Waals surface area contributed by atoms with Crippen LogP contribution in [-0.2, 0) is 0 Å². The number of methoxy groups -OCH3 is 1. The summed E-state index contributed by atoms with van der Waals surface area (Å²) < 4.78 is 18.8. The zero-order chi connectivity index (χ0) is 19.4. The number of hydrogen-bond donors (Lipinski definition) is 1. The highest BCUT2D eigenvalue weighted by Gasteiger charge is 2.24. The van der Waals surface area contributed by atoms with E-state index in [9.17, 15) is 9.18 Å². The number of nitrogens with zero attached hydrogens (tertiary/aromatic N) is 4.